The molecule has 2 aromatic rings. The topological polar surface area (TPSA) is 61.3 Å². The van der Waals surface area contributed by atoms with Gasteiger partial charge in [-0.25, -0.2) is 0 Å². The number of benzene rings is 1. The summed E-state index contributed by atoms with van der Waals surface area (Å²) in [4.78, 5) is 0. The third-order valence-corrected chi connectivity index (χ3v) is 2.68. The molecule has 17 heavy (non-hydrogen) atoms. The molecule has 0 amide bonds. The molecule has 0 radical (unpaired) electrons. The van der Waals surface area contributed by atoms with Crippen molar-refractivity contribution in [2.75, 3.05) is 0 Å². The van der Waals surface area contributed by atoms with Crippen molar-refractivity contribution in [3.05, 3.63) is 46.3 Å². The summed E-state index contributed by atoms with van der Waals surface area (Å²) in [6.45, 7) is 2.51. The van der Waals surface area contributed by atoms with Gasteiger partial charge in [-0.05, 0) is 19.1 Å². The first-order chi connectivity index (χ1) is 8.20. The first-order valence-electron chi connectivity index (χ1n) is 5.23. The second-order valence-corrected chi connectivity index (χ2v) is 4.05. The molecule has 90 valence electrons. The maximum absolute atomic E-state index is 6.02. The zero-order valence-electron chi connectivity index (χ0n) is 9.44. The number of rotatable bonds is 4. The molecule has 0 bridgehead atoms. The Morgan fingerprint density at radius 1 is 1.47 bits per heavy atom. The number of halogens is 1. The van der Waals surface area contributed by atoms with Crippen molar-refractivity contribution in [1.82, 2.24) is 5.16 Å². The highest BCUT2D eigenvalue weighted by molar-refractivity contribution is 6.31. The minimum absolute atomic E-state index is 0.314. The zero-order valence-corrected chi connectivity index (χ0v) is 10.2. The van der Waals surface area contributed by atoms with Crippen LogP contribution in [-0.4, -0.2) is 5.16 Å². The van der Waals surface area contributed by atoms with Gasteiger partial charge in [0.1, 0.15) is 12.4 Å². The highest BCUT2D eigenvalue weighted by atomic mass is 35.5. The normalized spacial score (nSPS) is 10.5. The van der Waals surface area contributed by atoms with Crippen LogP contribution in [0.15, 0.2) is 28.8 Å². The van der Waals surface area contributed by atoms with Crippen molar-refractivity contribution >= 4 is 11.6 Å². The van der Waals surface area contributed by atoms with E-state index in [2.05, 4.69) is 5.16 Å². The van der Waals surface area contributed by atoms with Gasteiger partial charge in [0.25, 0.3) is 0 Å². The van der Waals surface area contributed by atoms with Crippen molar-refractivity contribution in [2.45, 2.75) is 20.1 Å². The summed E-state index contributed by atoms with van der Waals surface area (Å²) < 4.78 is 10.7. The van der Waals surface area contributed by atoms with E-state index in [4.69, 9.17) is 26.6 Å². The Balaban J connectivity index is 2.11. The van der Waals surface area contributed by atoms with Gasteiger partial charge in [0.05, 0.1) is 5.69 Å². The van der Waals surface area contributed by atoms with Gasteiger partial charge in [-0.3, -0.25) is 0 Å². The van der Waals surface area contributed by atoms with E-state index >= 15 is 0 Å². The number of aryl methyl sites for hydroxylation is 1. The summed E-state index contributed by atoms with van der Waals surface area (Å²) in [7, 11) is 0. The number of nitrogens with two attached hydrogens (primary N) is 1. The van der Waals surface area contributed by atoms with Crippen molar-refractivity contribution in [3.63, 3.8) is 0 Å². The lowest BCUT2D eigenvalue weighted by Gasteiger charge is -2.10. The van der Waals surface area contributed by atoms with E-state index in [1.54, 1.807) is 6.07 Å². The first kappa shape index (κ1) is 12.0. The van der Waals surface area contributed by atoms with Crippen LogP contribution >= 0.6 is 11.6 Å². The molecular weight excluding hydrogens is 240 g/mol. The largest absolute Gasteiger partial charge is 0.485 e. The summed E-state index contributed by atoms with van der Waals surface area (Å²) in [5.41, 5.74) is 7.25. The van der Waals surface area contributed by atoms with Crippen LogP contribution in [0, 0.1) is 6.92 Å². The van der Waals surface area contributed by atoms with E-state index in [1.807, 2.05) is 25.1 Å². The van der Waals surface area contributed by atoms with E-state index in [9.17, 15) is 0 Å². The molecule has 0 saturated heterocycles. The maximum atomic E-state index is 6.02. The van der Waals surface area contributed by atoms with Crippen LogP contribution in [0.4, 0.5) is 0 Å². The predicted molar refractivity (Wildman–Crippen MR) is 64.9 cm³/mol. The Labute approximate surface area is 104 Å². The Hall–Kier alpha value is -1.52. The van der Waals surface area contributed by atoms with Gasteiger partial charge in [0, 0.05) is 23.2 Å². The van der Waals surface area contributed by atoms with Crippen LogP contribution in [-0.2, 0) is 13.2 Å². The van der Waals surface area contributed by atoms with E-state index in [0.717, 1.165) is 11.3 Å². The van der Waals surface area contributed by atoms with Gasteiger partial charge < -0.3 is 15.0 Å². The summed E-state index contributed by atoms with van der Waals surface area (Å²) in [6, 6.07) is 7.27. The summed E-state index contributed by atoms with van der Waals surface area (Å²) >= 11 is 6.02. The smallest absolute Gasteiger partial charge is 0.174 e. The fourth-order valence-corrected chi connectivity index (χ4v) is 1.75. The average Bonchev–Trinajstić information content (AvgIpc) is 2.72. The van der Waals surface area contributed by atoms with Crippen LogP contribution in [0.25, 0.3) is 0 Å². The monoisotopic (exact) mass is 252 g/mol. The molecule has 4 nitrogen and oxygen atoms in total. The van der Waals surface area contributed by atoms with Crippen LogP contribution < -0.4 is 10.5 Å². The predicted octanol–water partition coefficient (Wildman–Crippen LogP) is 2.67. The molecule has 0 spiro atoms. The lowest BCUT2D eigenvalue weighted by molar-refractivity contribution is 0.247. The number of nitrogens with zero attached hydrogens (tertiary/aromatic N) is 1. The van der Waals surface area contributed by atoms with Crippen molar-refractivity contribution in [3.8, 4) is 5.75 Å². The van der Waals surface area contributed by atoms with Gasteiger partial charge in [0.2, 0.25) is 0 Å². The van der Waals surface area contributed by atoms with Crippen LogP contribution in [0.1, 0.15) is 17.0 Å². The summed E-state index contributed by atoms with van der Waals surface area (Å²) in [5.74, 6) is 1.35. The SMILES string of the molecule is Cc1cc(COc2cccc(Cl)c2CN)on1. The minimum Gasteiger partial charge on any atom is -0.485 e. The van der Waals surface area contributed by atoms with E-state index in [0.29, 0.717) is 29.7 Å². The number of ether oxygens (including phenoxy) is 1. The number of aromatic nitrogens is 1. The number of hydrogen-bond donors (Lipinski definition) is 1. The molecule has 1 aromatic heterocycles. The molecule has 0 unspecified atom stereocenters. The summed E-state index contributed by atoms with van der Waals surface area (Å²) in [6.07, 6.45) is 0. The van der Waals surface area contributed by atoms with Gasteiger partial charge >= 0.3 is 0 Å². The fraction of sp³-hybridized carbons (Fsp3) is 0.250. The average molecular weight is 253 g/mol. The van der Waals surface area contributed by atoms with Crippen molar-refractivity contribution in [2.24, 2.45) is 5.73 Å². The summed E-state index contributed by atoms with van der Waals surface area (Å²) in [5, 5.41) is 4.39. The second kappa shape index (κ2) is 5.21. The molecule has 0 fully saturated rings. The van der Waals surface area contributed by atoms with Crippen molar-refractivity contribution < 1.29 is 9.26 Å². The van der Waals surface area contributed by atoms with Crippen molar-refractivity contribution in [1.29, 1.82) is 0 Å². The van der Waals surface area contributed by atoms with Gasteiger partial charge in [-0.2, -0.15) is 0 Å². The molecule has 0 saturated carbocycles. The fourth-order valence-electron chi connectivity index (χ4n) is 1.51. The lowest BCUT2D eigenvalue weighted by atomic mass is 10.2. The van der Waals surface area contributed by atoms with Crippen LogP contribution in [0.5, 0.6) is 5.75 Å². The second-order valence-electron chi connectivity index (χ2n) is 3.64. The molecule has 2 N–H and O–H groups in total. The molecule has 0 aliphatic carbocycles. The molecule has 0 aliphatic rings. The highest BCUT2D eigenvalue weighted by Crippen LogP contribution is 2.26. The quantitative estimate of drug-likeness (QED) is 0.909. The Morgan fingerprint density at radius 2 is 2.29 bits per heavy atom. The Bertz CT molecular complexity index is 511. The highest BCUT2D eigenvalue weighted by Gasteiger charge is 2.08. The van der Waals surface area contributed by atoms with E-state index in [1.165, 1.54) is 0 Å². The standard InChI is InChI=1S/C12H13ClN2O2/c1-8-5-9(17-15-8)7-16-12-4-2-3-11(13)10(12)6-14/h2-5H,6-7,14H2,1H3. The number of hydrogen-bond acceptors (Lipinski definition) is 4. The Morgan fingerprint density at radius 3 is 2.94 bits per heavy atom. The molecule has 1 heterocycles. The Kier molecular flexibility index (Phi) is 3.66. The lowest BCUT2D eigenvalue weighted by Crippen LogP contribution is -2.03. The third kappa shape index (κ3) is 2.78. The molecule has 0 atom stereocenters. The molecule has 5 heteroatoms. The molecule has 1 aromatic carbocycles. The van der Waals surface area contributed by atoms with Gasteiger partial charge in [-0.15, -0.1) is 0 Å². The van der Waals surface area contributed by atoms with Crippen LogP contribution in [0.2, 0.25) is 5.02 Å². The van der Waals surface area contributed by atoms with Gasteiger partial charge in [-0.1, -0.05) is 22.8 Å². The van der Waals surface area contributed by atoms with Crippen LogP contribution in [0.3, 0.4) is 0 Å². The molecule has 0 aliphatic heterocycles. The first-order valence-corrected chi connectivity index (χ1v) is 5.61. The zero-order chi connectivity index (χ0) is 12.3. The maximum Gasteiger partial charge on any atom is 0.174 e. The van der Waals surface area contributed by atoms with E-state index < -0.39 is 0 Å². The third-order valence-electron chi connectivity index (χ3n) is 2.33. The van der Waals surface area contributed by atoms with E-state index in [-0.39, 0.29) is 0 Å². The van der Waals surface area contributed by atoms with Gasteiger partial charge in [0.15, 0.2) is 5.76 Å². The minimum atomic E-state index is 0.314. The molecular formula is C12H13ClN2O2. The molecule has 2 rings (SSSR count).